The van der Waals surface area contributed by atoms with Crippen molar-refractivity contribution in [2.45, 2.75) is 44.2 Å². The van der Waals surface area contributed by atoms with Crippen molar-refractivity contribution in [2.75, 3.05) is 13.1 Å². The van der Waals surface area contributed by atoms with Crippen molar-refractivity contribution in [1.29, 1.82) is 0 Å². The quantitative estimate of drug-likeness (QED) is 0.682. The van der Waals surface area contributed by atoms with E-state index in [4.69, 9.17) is 5.73 Å². The molecule has 0 aliphatic carbocycles. The topological polar surface area (TPSA) is 58.3 Å². The van der Waals surface area contributed by atoms with Crippen molar-refractivity contribution in [3.8, 4) is 0 Å². The zero-order valence-corrected chi connectivity index (χ0v) is 10.3. The minimum absolute atomic E-state index is 0. The Morgan fingerprint density at radius 3 is 2.57 bits per heavy atom. The highest BCUT2D eigenvalue weighted by atomic mass is 35.5. The molecule has 0 aromatic rings. The zero-order valence-electron chi connectivity index (χ0n) is 8.66. The Bertz CT molecular complexity index is 137. The molecule has 14 heavy (non-hydrogen) atoms. The van der Waals surface area contributed by atoms with Gasteiger partial charge in [0, 0.05) is 5.54 Å². The fraction of sp³-hybridized carbons (Fsp3) is 1.00. The van der Waals surface area contributed by atoms with E-state index in [0.29, 0.717) is 0 Å². The van der Waals surface area contributed by atoms with E-state index >= 15 is 0 Å². The summed E-state index contributed by atoms with van der Waals surface area (Å²) in [5, 5.41) is 12.6. The molecule has 2 unspecified atom stereocenters. The number of nitrogens with one attached hydrogen (secondary N) is 1. The molecule has 0 bridgehead atoms. The number of rotatable bonds is 2. The van der Waals surface area contributed by atoms with Gasteiger partial charge in [0.15, 0.2) is 0 Å². The second kappa shape index (κ2) is 7.71. The smallest absolute Gasteiger partial charge is 0.0529 e. The summed E-state index contributed by atoms with van der Waals surface area (Å²) in [6.45, 7) is 3.87. The van der Waals surface area contributed by atoms with E-state index in [2.05, 4.69) is 5.32 Å². The predicted octanol–water partition coefficient (Wildman–Crippen LogP) is 1.07. The molecule has 1 fully saturated rings. The Labute approximate surface area is 98.6 Å². The molecule has 88 valence electrons. The van der Waals surface area contributed by atoms with Crippen LogP contribution >= 0.6 is 24.8 Å². The van der Waals surface area contributed by atoms with Gasteiger partial charge in [0.1, 0.15) is 0 Å². The summed E-state index contributed by atoms with van der Waals surface area (Å²) in [5.74, 6) is 0. The van der Waals surface area contributed by atoms with Crippen LogP contribution in [0.3, 0.4) is 0 Å². The van der Waals surface area contributed by atoms with Crippen LogP contribution in [0.15, 0.2) is 0 Å². The lowest BCUT2D eigenvalue weighted by atomic mass is 9.86. The number of halogens is 2. The van der Waals surface area contributed by atoms with Gasteiger partial charge < -0.3 is 16.2 Å². The van der Waals surface area contributed by atoms with Crippen LogP contribution in [-0.4, -0.2) is 29.8 Å². The van der Waals surface area contributed by atoms with Gasteiger partial charge in [-0.25, -0.2) is 0 Å². The Kier molecular flexibility index (Phi) is 9.30. The Morgan fingerprint density at radius 2 is 2.00 bits per heavy atom. The standard InChI is InChI=1S/C9H20N2O.2ClH/c1-8(12)7-9(10)3-2-5-11-6-4-9;;/h8,11-12H,2-7,10H2,1H3;2*1H. The van der Waals surface area contributed by atoms with Gasteiger partial charge in [-0.1, -0.05) is 0 Å². The van der Waals surface area contributed by atoms with Crippen molar-refractivity contribution >= 4 is 24.8 Å². The summed E-state index contributed by atoms with van der Waals surface area (Å²) in [6.07, 6.45) is 3.61. The van der Waals surface area contributed by atoms with Gasteiger partial charge in [-0.3, -0.25) is 0 Å². The third-order valence-corrected chi connectivity index (χ3v) is 2.53. The van der Waals surface area contributed by atoms with Crippen LogP contribution in [0.25, 0.3) is 0 Å². The Morgan fingerprint density at radius 1 is 1.36 bits per heavy atom. The van der Waals surface area contributed by atoms with Crippen LogP contribution in [0, 0.1) is 0 Å². The number of aliphatic hydroxyl groups is 1. The van der Waals surface area contributed by atoms with Crippen molar-refractivity contribution in [1.82, 2.24) is 5.32 Å². The first-order valence-corrected chi connectivity index (χ1v) is 4.80. The van der Waals surface area contributed by atoms with E-state index in [1.807, 2.05) is 6.92 Å². The fourth-order valence-electron chi connectivity index (χ4n) is 1.95. The highest BCUT2D eigenvalue weighted by molar-refractivity contribution is 5.85. The van der Waals surface area contributed by atoms with E-state index in [1.54, 1.807) is 0 Å². The number of nitrogens with two attached hydrogens (primary N) is 1. The predicted molar refractivity (Wildman–Crippen MR) is 64.4 cm³/mol. The van der Waals surface area contributed by atoms with Crippen molar-refractivity contribution in [3.63, 3.8) is 0 Å². The summed E-state index contributed by atoms with van der Waals surface area (Å²) in [4.78, 5) is 0. The van der Waals surface area contributed by atoms with Crippen molar-refractivity contribution in [3.05, 3.63) is 0 Å². The molecule has 0 aromatic heterocycles. The summed E-state index contributed by atoms with van der Waals surface area (Å²) < 4.78 is 0. The monoisotopic (exact) mass is 244 g/mol. The van der Waals surface area contributed by atoms with Crippen LogP contribution in [0.4, 0.5) is 0 Å². The van der Waals surface area contributed by atoms with E-state index in [-0.39, 0.29) is 36.5 Å². The molecule has 4 N–H and O–H groups in total. The van der Waals surface area contributed by atoms with Gasteiger partial charge in [-0.15, -0.1) is 24.8 Å². The third kappa shape index (κ3) is 6.04. The molecular formula is C9H22Cl2N2O. The molecule has 3 nitrogen and oxygen atoms in total. The summed E-state index contributed by atoms with van der Waals surface area (Å²) in [6, 6.07) is 0. The molecule has 5 heteroatoms. The van der Waals surface area contributed by atoms with Gasteiger partial charge in [0.05, 0.1) is 6.10 Å². The molecule has 0 amide bonds. The van der Waals surface area contributed by atoms with Gasteiger partial charge in [-0.2, -0.15) is 0 Å². The first-order chi connectivity index (χ1) is 5.62. The fourth-order valence-corrected chi connectivity index (χ4v) is 1.95. The summed E-state index contributed by atoms with van der Waals surface area (Å²) in [7, 11) is 0. The lowest BCUT2D eigenvalue weighted by molar-refractivity contribution is 0.142. The molecule has 1 aliphatic heterocycles. The van der Waals surface area contributed by atoms with Gasteiger partial charge in [-0.05, 0) is 45.7 Å². The Hall–Kier alpha value is 0.460. The van der Waals surface area contributed by atoms with Crippen LogP contribution < -0.4 is 11.1 Å². The average Bonchev–Trinajstić information content (AvgIpc) is 2.12. The first-order valence-electron chi connectivity index (χ1n) is 4.80. The van der Waals surface area contributed by atoms with Crippen LogP contribution in [0.5, 0.6) is 0 Å². The molecule has 0 spiro atoms. The Balaban J connectivity index is 0. The molecule has 0 aromatic carbocycles. The maximum Gasteiger partial charge on any atom is 0.0529 e. The number of hydrogen-bond donors (Lipinski definition) is 3. The van der Waals surface area contributed by atoms with E-state index in [0.717, 1.165) is 38.8 Å². The maximum absolute atomic E-state index is 9.26. The first kappa shape index (κ1) is 16.9. The van der Waals surface area contributed by atoms with Gasteiger partial charge >= 0.3 is 0 Å². The lowest BCUT2D eigenvalue weighted by Crippen LogP contribution is -2.43. The highest BCUT2D eigenvalue weighted by Crippen LogP contribution is 2.21. The molecule has 1 heterocycles. The van der Waals surface area contributed by atoms with Gasteiger partial charge in [0.2, 0.25) is 0 Å². The zero-order chi connectivity index (χ0) is 9.03. The molecule has 1 rings (SSSR count). The molecule has 0 saturated carbocycles. The maximum atomic E-state index is 9.26. The van der Waals surface area contributed by atoms with E-state index in [1.165, 1.54) is 0 Å². The van der Waals surface area contributed by atoms with Crippen LogP contribution in [0.1, 0.15) is 32.6 Å². The summed E-state index contributed by atoms with van der Waals surface area (Å²) in [5.41, 5.74) is 6.03. The van der Waals surface area contributed by atoms with Crippen molar-refractivity contribution in [2.24, 2.45) is 5.73 Å². The van der Waals surface area contributed by atoms with E-state index < -0.39 is 0 Å². The lowest BCUT2D eigenvalue weighted by Gasteiger charge is -2.28. The molecular weight excluding hydrogens is 223 g/mol. The number of hydrogen-bond acceptors (Lipinski definition) is 3. The minimum atomic E-state index is -0.270. The minimum Gasteiger partial charge on any atom is -0.393 e. The molecule has 0 radical (unpaired) electrons. The molecule has 1 aliphatic rings. The normalized spacial score (nSPS) is 29.4. The van der Waals surface area contributed by atoms with Crippen molar-refractivity contribution < 1.29 is 5.11 Å². The van der Waals surface area contributed by atoms with Crippen LogP contribution in [0.2, 0.25) is 0 Å². The third-order valence-electron chi connectivity index (χ3n) is 2.53. The highest BCUT2D eigenvalue weighted by Gasteiger charge is 2.27. The average molecular weight is 245 g/mol. The molecule has 2 atom stereocenters. The largest absolute Gasteiger partial charge is 0.393 e. The van der Waals surface area contributed by atoms with Gasteiger partial charge in [0.25, 0.3) is 0 Å². The van der Waals surface area contributed by atoms with Crippen LogP contribution in [-0.2, 0) is 0 Å². The summed E-state index contributed by atoms with van der Waals surface area (Å²) >= 11 is 0. The second-order valence-corrected chi connectivity index (χ2v) is 4.02. The second-order valence-electron chi connectivity index (χ2n) is 4.02. The molecule has 1 saturated heterocycles. The SMILES string of the molecule is CC(O)CC1(N)CCCNCC1.Cl.Cl. The number of aliphatic hydroxyl groups excluding tert-OH is 1. The van der Waals surface area contributed by atoms with E-state index in [9.17, 15) is 5.11 Å².